The van der Waals surface area contributed by atoms with E-state index in [0.717, 1.165) is 28.7 Å². The minimum Gasteiger partial charge on any atom is -0.369 e. The topological polar surface area (TPSA) is 87.9 Å². The minimum atomic E-state index is -0.162. The number of nitrogens with one attached hydrogen (secondary N) is 1. The molecule has 2 aromatic heterocycles. The third kappa shape index (κ3) is 3.10. The fraction of sp³-hybridized carbons (Fsp3) is 0.278. The number of aromatic amines is 1. The molecular formula is C18H18ClN5O. The Kier molecular flexibility index (Phi) is 3.94. The van der Waals surface area contributed by atoms with E-state index in [1.54, 1.807) is 0 Å². The maximum atomic E-state index is 12.1. The molecule has 7 heteroatoms. The molecule has 0 unspecified atom stereocenters. The first-order valence-electron chi connectivity index (χ1n) is 8.15. The number of rotatable bonds is 2. The molecule has 3 heterocycles. The summed E-state index contributed by atoms with van der Waals surface area (Å²) in [7, 11) is 0. The van der Waals surface area contributed by atoms with Crippen LogP contribution in [0.5, 0.6) is 0 Å². The highest BCUT2D eigenvalue weighted by Crippen LogP contribution is 2.24. The summed E-state index contributed by atoms with van der Waals surface area (Å²) in [5.41, 5.74) is 9.96. The van der Waals surface area contributed by atoms with E-state index >= 15 is 0 Å². The van der Waals surface area contributed by atoms with Crippen LogP contribution in [0.4, 0.5) is 5.95 Å². The quantitative estimate of drug-likeness (QED) is 0.689. The molecule has 6 nitrogen and oxygen atoms in total. The van der Waals surface area contributed by atoms with E-state index in [0.29, 0.717) is 30.2 Å². The maximum Gasteiger partial charge on any atom is 0.257 e. The Morgan fingerprint density at radius 2 is 2.16 bits per heavy atom. The number of nitrogens with zero attached hydrogens (tertiary/aromatic N) is 3. The van der Waals surface area contributed by atoms with Crippen LogP contribution in [-0.4, -0.2) is 26.4 Å². The molecule has 0 fully saturated rings. The van der Waals surface area contributed by atoms with Crippen LogP contribution in [0.3, 0.4) is 0 Å². The first-order chi connectivity index (χ1) is 12.0. The molecule has 3 N–H and O–H groups in total. The summed E-state index contributed by atoms with van der Waals surface area (Å²) < 4.78 is 0. The molecule has 0 amide bonds. The van der Waals surface area contributed by atoms with Crippen LogP contribution in [-0.2, 0) is 19.5 Å². The molecule has 0 spiro atoms. The average Bonchev–Trinajstić information content (AvgIpc) is 2.56. The predicted octanol–water partition coefficient (Wildman–Crippen LogP) is 2.42. The van der Waals surface area contributed by atoms with Crippen LogP contribution >= 0.6 is 11.6 Å². The number of anilines is 1. The van der Waals surface area contributed by atoms with Gasteiger partial charge < -0.3 is 5.73 Å². The smallest absolute Gasteiger partial charge is 0.257 e. The Morgan fingerprint density at radius 1 is 1.32 bits per heavy atom. The van der Waals surface area contributed by atoms with E-state index in [9.17, 15) is 4.79 Å². The third-order valence-corrected chi connectivity index (χ3v) is 4.88. The van der Waals surface area contributed by atoms with Crippen LogP contribution in [0, 0.1) is 6.92 Å². The molecule has 1 aliphatic heterocycles. The van der Waals surface area contributed by atoms with Crippen LogP contribution < -0.4 is 11.3 Å². The average molecular weight is 356 g/mol. The van der Waals surface area contributed by atoms with Gasteiger partial charge in [0.05, 0.1) is 16.8 Å². The van der Waals surface area contributed by atoms with Gasteiger partial charge in [-0.25, -0.2) is 9.97 Å². The van der Waals surface area contributed by atoms with Crippen molar-refractivity contribution in [3.05, 3.63) is 62.2 Å². The molecule has 1 aromatic carbocycles. The molecule has 25 heavy (non-hydrogen) atoms. The summed E-state index contributed by atoms with van der Waals surface area (Å²) >= 11 is 6.38. The molecule has 0 saturated heterocycles. The summed E-state index contributed by atoms with van der Waals surface area (Å²) in [6.45, 7) is 4.02. The Hall–Kier alpha value is -2.44. The van der Waals surface area contributed by atoms with E-state index in [-0.39, 0.29) is 11.5 Å². The van der Waals surface area contributed by atoms with Crippen LogP contribution in [0.1, 0.15) is 22.4 Å². The van der Waals surface area contributed by atoms with E-state index in [1.807, 2.05) is 12.1 Å². The number of nitrogens with two attached hydrogens (primary N) is 1. The number of hydrogen-bond acceptors (Lipinski definition) is 5. The molecule has 0 aliphatic carbocycles. The molecule has 3 aromatic rings. The summed E-state index contributed by atoms with van der Waals surface area (Å²) in [5, 5.41) is 1.58. The zero-order chi connectivity index (χ0) is 17.6. The van der Waals surface area contributed by atoms with E-state index in [2.05, 4.69) is 38.9 Å². The number of halogens is 1. The zero-order valence-electron chi connectivity index (χ0n) is 13.8. The number of aryl methyl sites for hydroxylation is 1. The first-order valence-corrected chi connectivity index (χ1v) is 8.53. The van der Waals surface area contributed by atoms with Gasteiger partial charge in [0.15, 0.2) is 0 Å². The molecule has 1 aliphatic rings. The van der Waals surface area contributed by atoms with Crippen LogP contribution in [0.25, 0.3) is 10.9 Å². The summed E-state index contributed by atoms with van der Waals surface area (Å²) in [4.78, 5) is 25.6. The number of aromatic nitrogens is 3. The Labute approximate surface area is 149 Å². The van der Waals surface area contributed by atoms with E-state index in [4.69, 9.17) is 17.3 Å². The second kappa shape index (κ2) is 6.13. The third-order valence-electron chi connectivity index (χ3n) is 4.56. The second-order valence-electron chi connectivity index (χ2n) is 6.47. The second-order valence-corrected chi connectivity index (χ2v) is 6.83. The standard InChI is InChI=1S/C18H18ClN5O/c1-10-2-3-14-11(6-10)7-12(16(19)21-14)8-24-5-4-15-13(9-24)17(25)23-18(20)22-15/h2-3,6-7H,4-5,8-9H2,1H3,(H3,20,22,23,25). The maximum absolute atomic E-state index is 12.1. The molecule has 128 valence electrons. The van der Waals surface area contributed by atoms with Crippen molar-refractivity contribution in [2.45, 2.75) is 26.4 Å². The van der Waals surface area contributed by atoms with E-state index in [1.165, 1.54) is 5.56 Å². The van der Waals surface area contributed by atoms with Gasteiger partial charge in [0.1, 0.15) is 5.15 Å². The van der Waals surface area contributed by atoms with Gasteiger partial charge in [0.25, 0.3) is 5.56 Å². The highest BCUT2D eigenvalue weighted by Gasteiger charge is 2.21. The van der Waals surface area contributed by atoms with E-state index < -0.39 is 0 Å². The van der Waals surface area contributed by atoms with Gasteiger partial charge in [-0.2, -0.15) is 0 Å². The summed E-state index contributed by atoms with van der Waals surface area (Å²) in [6, 6.07) is 8.19. The molecule has 4 rings (SSSR count). The van der Waals surface area contributed by atoms with Crippen molar-refractivity contribution < 1.29 is 0 Å². The number of hydrogen-bond donors (Lipinski definition) is 2. The van der Waals surface area contributed by atoms with Crippen molar-refractivity contribution in [2.24, 2.45) is 0 Å². The summed E-state index contributed by atoms with van der Waals surface area (Å²) in [5.74, 6) is 0.175. The van der Waals surface area contributed by atoms with Crippen LogP contribution in [0.15, 0.2) is 29.1 Å². The molecule has 0 radical (unpaired) electrons. The predicted molar refractivity (Wildman–Crippen MR) is 98.6 cm³/mol. The fourth-order valence-electron chi connectivity index (χ4n) is 3.30. The molecule has 0 bridgehead atoms. The lowest BCUT2D eigenvalue weighted by molar-refractivity contribution is 0.242. The van der Waals surface area contributed by atoms with Gasteiger partial charge >= 0.3 is 0 Å². The number of fused-ring (bicyclic) bond motifs is 2. The van der Waals surface area contributed by atoms with Crippen molar-refractivity contribution in [3.63, 3.8) is 0 Å². The number of benzene rings is 1. The number of H-pyrrole nitrogens is 1. The molecule has 0 saturated carbocycles. The Bertz CT molecular complexity index is 1030. The molecule has 0 atom stereocenters. The van der Waals surface area contributed by atoms with Gasteiger partial charge in [-0.3, -0.25) is 14.7 Å². The first kappa shape index (κ1) is 16.1. The lowest BCUT2D eigenvalue weighted by atomic mass is 10.1. The Balaban J connectivity index is 1.63. The van der Waals surface area contributed by atoms with Gasteiger partial charge in [-0.15, -0.1) is 0 Å². The van der Waals surface area contributed by atoms with Crippen molar-refractivity contribution in [3.8, 4) is 0 Å². The zero-order valence-corrected chi connectivity index (χ0v) is 14.6. The minimum absolute atomic E-state index is 0.162. The van der Waals surface area contributed by atoms with Crippen molar-refractivity contribution >= 4 is 28.5 Å². The monoisotopic (exact) mass is 355 g/mol. The highest BCUT2D eigenvalue weighted by molar-refractivity contribution is 6.30. The summed E-state index contributed by atoms with van der Waals surface area (Å²) in [6.07, 6.45) is 0.696. The lowest BCUT2D eigenvalue weighted by Gasteiger charge is -2.27. The van der Waals surface area contributed by atoms with Gasteiger partial charge in [-0.1, -0.05) is 23.2 Å². The largest absolute Gasteiger partial charge is 0.369 e. The van der Waals surface area contributed by atoms with Crippen molar-refractivity contribution in [2.75, 3.05) is 12.3 Å². The molecular weight excluding hydrogens is 338 g/mol. The van der Waals surface area contributed by atoms with Crippen molar-refractivity contribution in [1.29, 1.82) is 0 Å². The number of nitrogen functional groups attached to an aromatic ring is 1. The van der Waals surface area contributed by atoms with Gasteiger partial charge in [0.2, 0.25) is 5.95 Å². The van der Waals surface area contributed by atoms with Crippen LogP contribution in [0.2, 0.25) is 5.15 Å². The van der Waals surface area contributed by atoms with Gasteiger partial charge in [0, 0.05) is 37.0 Å². The fourth-order valence-corrected chi connectivity index (χ4v) is 3.51. The lowest BCUT2D eigenvalue weighted by Crippen LogP contribution is -2.35. The van der Waals surface area contributed by atoms with Crippen molar-refractivity contribution in [1.82, 2.24) is 19.9 Å². The number of pyridine rings is 1. The SMILES string of the molecule is Cc1ccc2nc(Cl)c(CN3CCc4nc(N)[nH]c(=O)c4C3)cc2c1. The van der Waals surface area contributed by atoms with Gasteiger partial charge in [-0.05, 0) is 25.1 Å². The Morgan fingerprint density at radius 3 is 3.00 bits per heavy atom. The normalized spacial score (nSPS) is 14.6. The highest BCUT2D eigenvalue weighted by atomic mass is 35.5.